The number of ketones is 1. The molecule has 3 aromatic heterocycles. The average molecular weight is 1300 g/mol. The van der Waals surface area contributed by atoms with Gasteiger partial charge in [-0.1, -0.05) is 24.3 Å². The molecule has 476 valence electrons. The fourth-order valence-electron chi connectivity index (χ4n) is 11.0. The summed E-state index contributed by atoms with van der Waals surface area (Å²) in [7, 11) is 4.70. The molecule has 0 radical (unpaired) electrons. The summed E-state index contributed by atoms with van der Waals surface area (Å²) in [5.74, 6) is 0.565. The molecule has 4 aliphatic heterocycles. The lowest BCUT2D eigenvalue weighted by Gasteiger charge is -2.41. The molecule has 5 aromatic carbocycles. The molecule has 0 spiro atoms. The van der Waals surface area contributed by atoms with Crippen LogP contribution in [-0.4, -0.2) is 146 Å². The number of nitrogens with one attached hydrogen (secondary N) is 4. The molecule has 0 fully saturated rings. The number of H-pyrrole nitrogens is 3. The van der Waals surface area contributed by atoms with Gasteiger partial charge in [0.25, 0.3) is 5.78 Å². The van der Waals surface area contributed by atoms with Crippen molar-refractivity contribution < 1.29 is 76.2 Å². The van der Waals surface area contributed by atoms with Crippen molar-refractivity contribution >= 4 is 109 Å². The highest BCUT2D eigenvalue weighted by atomic mass is 35.5. The molecule has 26 heteroatoms. The number of hydrogen-bond acceptors (Lipinski definition) is 19. The van der Waals surface area contributed by atoms with Crippen LogP contribution in [0.15, 0.2) is 97.2 Å². The highest BCUT2D eigenvalue weighted by molar-refractivity contribution is 6.67. The average Bonchev–Trinajstić information content (AvgIpc) is 1.53. The third-order valence-corrected chi connectivity index (χ3v) is 15.6. The second-order valence-electron chi connectivity index (χ2n) is 20.1. The smallest absolute Gasteiger partial charge is 0.376 e. The minimum absolute atomic E-state index is 0.0461. The summed E-state index contributed by atoms with van der Waals surface area (Å²) in [6.45, 7) is 6.20. The summed E-state index contributed by atoms with van der Waals surface area (Å²) in [5.41, 5.74) is 19.7. The van der Waals surface area contributed by atoms with Crippen LogP contribution in [0.25, 0.3) is 32.7 Å². The predicted octanol–water partition coefficient (Wildman–Crippen LogP) is 8.17. The molecule has 4 aliphatic rings. The zero-order valence-electron chi connectivity index (χ0n) is 50.0. The Hall–Kier alpha value is -8.84. The summed E-state index contributed by atoms with van der Waals surface area (Å²) < 4.78 is 47.6. The maximum absolute atomic E-state index is 13.3. The van der Waals surface area contributed by atoms with Gasteiger partial charge in [-0.05, 0) is 122 Å². The van der Waals surface area contributed by atoms with Crippen LogP contribution < -0.4 is 45.2 Å². The number of rotatable bonds is 16. The van der Waals surface area contributed by atoms with E-state index in [0.717, 1.165) is 78.4 Å². The Labute approximate surface area is 532 Å². The number of hydrogen-bond donors (Lipinski definition) is 6. The van der Waals surface area contributed by atoms with Crippen LogP contribution in [0.5, 0.6) is 34.5 Å². The lowest BCUT2D eigenvalue weighted by molar-refractivity contribution is -0.158. The Kier molecular flexibility index (Phi) is 23.2. The Bertz CT molecular complexity index is 3920. The van der Waals surface area contributed by atoms with Gasteiger partial charge >= 0.3 is 17.9 Å². The molecule has 7 heterocycles. The third kappa shape index (κ3) is 14.9. The number of fused-ring (bicyclic) bond motifs is 9. The number of halogens is 3. The molecule has 0 bridgehead atoms. The molecule has 0 unspecified atom stereocenters. The van der Waals surface area contributed by atoms with Crippen LogP contribution in [-0.2, 0) is 62.2 Å². The fourth-order valence-corrected chi connectivity index (χ4v) is 11.1. The van der Waals surface area contributed by atoms with Crippen molar-refractivity contribution in [3.8, 4) is 34.5 Å². The fraction of sp³-hybridized carbons (Fsp3) is 0.328. The lowest BCUT2D eigenvalue weighted by Crippen LogP contribution is -2.54. The molecule has 90 heavy (non-hydrogen) atoms. The first-order chi connectivity index (χ1) is 43.6. The summed E-state index contributed by atoms with van der Waals surface area (Å²) in [6.07, 6.45) is 3.78. The first kappa shape index (κ1) is 67.1. The zero-order chi connectivity index (χ0) is 64.8. The third-order valence-electron chi connectivity index (χ3n) is 14.9. The van der Waals surface area contributed by atoms with Gasteiger partial charge in [-0.25, -0.2) is 4.79 Å². The van der Waals surface area contributed by atoms with Gasteiger partial charge in [0.05, 0.1) is 52.0 Å². The standard InChI is InChI=1S/C25H23ClN2O7.C22H20N2O5.C14H18N2O3.C2H2Cl2O.CH5N/c1-3-33-25(31)24(30)18-10-16-15-6-5-14(32-2)9-17(15)27-22(16)23(28(18)21(29)11-26)13-4-7-19-20(8-13)35-12-34-19;1-2-27-22(26)17-9-15-14-5-3-12(10-25)7-16(14)23-21(15)20(24-17)13-4-6-18-19(8-13)29-11-28-18;1-3-19-14(17)12(15)6-9-8-16-13-7-10(18-2)4-5-11(9)13;3-1-2(4)5;1-2/h4-9,18,23,27H,3,10-12H2,1-2H3;3-8,10,17,20,23-24H,2,9,11H2,1H3;4-5,7-8,12,16H,3,6,15H2,1-2H3;1H2;2H2,1H3/t18-,23-;17-,20-;12-;;/m111../s1. The number of nitrogens with two attached hydrogens (primary N) is 2. The van der Waals surface area contributed by atoms with Crippen molar-refractivity contribution in [3.05, 3.63) is 142 Å². The number of amides is 1. The summed E-state index contributed by atoms with van der Waals surface area (Å²) >= 11 is 15.5. The van der Waals surface area contributed by atoms with Crippen LogP contribution in [0, 0.1) is 0 Å². The van der Waals surface area contributed by atoms with E-state index in [1.807, 2.05) is 72.9 Å². The van der Waals surface area contributed by atoms with Gasteiger partial charge in [0.15, 0.2) is 23.0 Å². The van der Waals surface area contributed by atoms with E-state index in [1.54, 1.807) is 59.3 Å². The van der Waals surface area contributed by atoms with Crippen molar-refractivity contribution in [2.24, 2.45) is 11.5 Å². The zero-order valence-corrected chi connectivity index (χ0v) is 52.3. The minimum atomic E-state index is -1.09. The van der Waals surface area contributed by atoms with E-state index in [0.29, 0.717) is 65.9 Å². The largest absolute Gasteiger partial charge is 0.497 e. The number of aldehydes is 1. The van der Waals surface area contributed by atoms with Gasteiger partial charge < -0.3 is 74.0 Å². The summed E-state index contributed by atoms with van der Waals surface area (Å²) in [6, 6.07) is 24.8. The number of aromatic amines is 3. The van der Waals surface area contributed by atoms with E-state index in [2.05, 4.69) is 26.0 Å². The normalized spacial score (nSPS) is 16.6. The number of aromatic nitrogens is 3. The van der Waals surface area contributed by atoms with Gasteiger partial charge in [0, 0.05) is 87.3 Å². The summed E-state index contributed by atoms with van der Waals surface area (Å²) in [5, 5.41) is 5.83. The number of alkyl halides is 2. The SMILES string of the molecule is CCOC(=O)C(=O)[C@H]1Cc2c([nH]c3cc(OC)ccc23)[C@@H](c2ccc3c(c2)OCO3)N1C(=O)CCl.CCOC(=O)[C@H](N)Cc1c[nH]c2cc(OC)ccc12.CCOC(=O)[C@H]1Cc2c([nH]c3cc(C=O)ccc23)[C@@H](c2ccc3c(c2)OCO3)N1.CN.O=C(Cl)CCl. The van der Waals surface area contributed by atoms with Crippen LogP contribution in [0.4, 0.5) is 0 Å². The van der Waals surface area contributed by atoms with Gasteiger partial charge in [0.2, 0.25) is 24.7 Å². The number of ether oxygens (including phenoxy) is 9. The lowest BCUT2D eigenvalue weighted by atomic mass is 9.86. The molecular weight excluding hydrogens is 1230 g/mol. The molecular formula is C64H68Cl3N7O16. The number of carbonyl (C=O) groups is 7. The Morgan fingerprint density at radius 1 is 0.667 bits per heavy atom. The van der Waals surface area contributed by atoms with Crippen LogP contribution in [0.2, 0.25) is 0 Å². The van der Waals surface area contributed by atoms with Gasteiger partial charge in [-0.2, -0.15) is 0 Å². The van der Waals surface area contributed by atoms with E-state index in [9.17, 15) is 33.6 Å². The number of esters is 3. The van der Waals surface area contributed by atoms with E-state index in [1.165, 1.54) is 11.9 Å². The number of methoxy groups -OCH3 is 2. The van der Waals surface area contributed by atoms with Gasteiger partial charge in [-0.3, -0.25) is 34.1 Å². The number of Topliss-reactive ketones (excluding diaryl/α,β-unsaturated/α-hetero) is 1. The predicted molar refractivity (Wildman–Crippen MR) is 336 cm³/mol. The molecule has 1 amide bonds. The Morgan fingerprint density at radius 2 is 1.22 bits per heavy atom. The monoisotopic (exact) mass is 1300 g/mol. The molecule has 8 aromatic rings. The van der Waals surface area contributed by atoms with Crippen molar-refractivity contribution in [1.82, 2.24) is 25.2 Å². The van der Waals surface area contributed by atoms with E-state index >= 15 is 0 Å². The summed E-state index contributed by atoms with van der Waals surface area (Å²) in [4.78, 5) is 95.1. The van der Waals surface area contributed by atoms with E-state index in [4.69, 9.17) is 83.2 Å². The van der Waals surface area contributed by atoms with Crippen molar-refractivity contribution in [2.45, 2.75) is 70.2 Å². The van der Waals surface area contributed by atoms with Crippen LogP contribution in [0.3, 0.4) is 0 Å². The highest BCUT2D eigenvalue weighted by Crippen LogP contribution is 2.45. The molecule has 0 saturated heterocycles. The van der Waals surface area contributed by atoms with Crippen LogP contribution >= 0.6 is 34.8 Å². The number of benzene rings is 5. The van der Waals surface area contributed by atoms with Crippen LogP contribution in [0.1, 0.15) is 82.4 Å². The molecule has 12 rings (SSSR count). The Morgan fingerprint density at radius 3 is 1.82 bits per heavy atom. The second kappa shape index (κ2) is 31.1. The number of carbonyl (C=O) groups excluding carboxylic acids is 7. The quantitative estimate of drug-likeness (QED) is 0.0133. The van der Waals surface area contributed by atoms with E-state index < -0.39 is 47.1 Å². The number of nitrogens with zero attached hydrogens (tertiary/aromatic N) is 1. The molecule has 8 N–H and O–H groups in total. The molecule has 5 atom stereocenters. The van der Waals surface area contributed by atoms with E-state index in [-0.39, 0.29) is 56.4 Å². The van der Waals surface area contributed by atoms with Gasteiger partial charge in [-0.15, -0.1) is 23.2 Å². The molecule has 23 nitrogen and oxygen atoms in total. The van der Waals surface area contributed by atoms with Crippen molar-refractivity contribution in [1.29, 1.82) is 0 Å². The topological polar surface area (TPSA) is 317 Å². The maximum atomic E-state index is 13.3. The highest BCUT2D eigenvalue weighted by Gasteiger charge is 2.46. The first-order valence-electron chi connectivity index (χ1n) is 28.5. The first-order valence-corrected chi connectivity index (χ1v) is 30.0. The molecule has 0 aliphatic carbocycles. The Balaban J connectivity index is 0.000000171. The van der Waals surface area contributed by atoms with Gasteiger partial charge in [0.1, 0.15) is 41.8 Å². The molecule has 0 saturated carbocycles. The minimum Gasteiger partial charge on any atom is -0.497 e. The van der Waals surface area contributed by atoms with Crippen molar-refractivity contribution in [3.63, 3.8) is 0 Å². The maximum Gasteiger partial charge on any atom is 0.376 e. The van der Waals surface area contributed by atoms with Crippen molar-refractivity contribution in [2.75, 3.05) is 66.4 Å². The second-order valence-corrected chi connectivity index (χ2v) is 21.1.